The first kappa shape index (κ1) is 14.4. The lowest BCUT2D eigenvalue weighted by Crippen LogP contribution is -2.11. The topological polar surface area (TPSA) is 59.3 Å². The molecule has 7 heteroatoms. The summed E-state index contributed by atoms with van der Waals surface area (Å²) in [6, 6.07) is 4.40. The van der Waals surface area contributed by atoms with Gasteiger partial charge in [0, 0.05) is 5.33 Å². The van der Waals surface area contributed by atoms with Gasteiger partial charge in [-0.05, 0) is 17.7 Å². The number of carbonyl (C=O) groups excluding carboxylic acids is 1. The molecule has 0 amide bonds. The molecule has 0 N–H and O–H groups in total. The molecule has 0 saturated carbocycles. The van der Waals surface area contributed by atoms with Crippen LogP contribution in [0.2, 0.25) is 0 Å². The summed E-state index contributed by atoms with van der Waals surface area (Å²) in [4.78, 5) is 11.5. The Labute approximate surface area is 110 Å². The van der Waals surface area contributed by atoms with Crippen LogP contribution in [0.25, 0.3) is 0 Å². The van der Waals surface area contributed by atoms with Gasteiger partial charge in [-0.15, -0.1) is 0 Å². The van der Waals surface area contributed by atoms with Crippen molar-refractivity contribution in [2.45, 2.75) is 11.9 Å². The lowest BCUT2D eigenvalue weighted by Gasteiger charge is -2.12. The van der Waals surface area contributed by atoms with Crippen LogP contribution in [0, 0.1) is 11.3 Å². The van der Waals surface area contributed by atoms with Crippen LogP contribution in [0.5, 0.6) is 5.75 Å². The van der Waals surface area contributed by atoms with Gasteiger partial charge in [-0.1, -0.05) is 15.9 Å². The third kappa shape index (κ3) is 3.17. The summed E-state index contributed by atoms with van der Waals surface area (Å²) in [7, 11) is 1.11. The van der Waals surface area contributed by atoms with Crippen molar-refractivity contribution in [3.63, 3.8) is 0 Å². The number of halogens is 3. The number of rotatable bonds is 4. The van der Waals surface area contributed by atoms with Gasteiger partial charge in [0.15, 0.2) is 5.75 Å². The lowest BCUT2D eigenvalue weighted by molar-refractivity contribution is -0.0506. The van der Waals surface area contributed by atoms with E-state index in [0.717, 1.165) is 7.11 Å². The highest BCUT2D eigenvalue weighted by atomic mass is 79.9. The second kappa shape index (κ2) is 6.31. The number of methoxy groups -OCH3 is 1. The first-order valence-corrected chi connectivity index (χ1v) is 5.81. The first-order valence-electron chi connectivity index (χ1n) is 4.69. The SMILES string of the molecule is COC(=O)c1cc(CBr)cc(C#N)c1OC(F)F. The molecule has 0 spiro atoms. The zero-order valence-corrected chi connectivity index (χ0v) is 10.8. The number of hydrogen-bond acceptors (Lipinski definition) is 4. The number of alkyl halides is 3. The molecule has 1 aromatic carbocycles. The van der Waals surface area contributed by atoms with Crippen molar-refractivity contribution < 1.29 is 23.0 Å². The predicted molar refractivity (Wildman–Crippen MR) is 61.8 cm³/mol. The summed E-state index contributed by atoms with van der Waals surface area (Å²) in [6.45, 7) is -3.13. The van der Waals surface area contributed by atoms with Gasteiger partial charge in [0.2, 0.25) is 0 Å². The molecule has 96 valence electrons. The standard InChI is InChI=1S/C11H8BrF2NO3/c1-17-10(16)8-3-6(4-12)2-7(5-15)9(8)18-11(13)14/h2-3,11H,4H2,1H3. The van der Waals surface area contributed by atoms with Crippen LogP contribution in [-0.2, 0) is 10.1 Å². The van der Waals surface area contributed by atoms with E-state index < -0.39 is 18.3 Å². The van der Waals surface area contributed by atoms with Gasteiger partial charge in [-0.2, -0.15) is 14.0 Å². The van der Waals surface area contributed by atoms with Crippen molar-refractivity contribution in [2.75, 3.05) is 7.11 Å². The van der Waals surface area contributed by atoms with Gasteiger partial charge in [0.05, 0.1) is 12.7 Å². The first-order chi connectivity index (χ1) is 8.53. The van der Waals surface area contributed by atoms with Crippen molar-refractivity contribution >= 4 is 21.9 Å². The highest BCUT2D eigenvalue weighted by molar-refractivity contribution is 9.08. The third-order valence-electron chi connectivity index (χ3n) is 2.04. The minimum absolute atomic E-state index is 0.146. The third-order valence-corrected chi connectivity index (χ3v) is 2.68. The highest BCUT2D eigenvalue weighted by Gasteiger charge is 2.21. The van der Waals surface area contributed by atoms with Gasteiger partial charge >= 0.3 is 12.6 Å². The molecule has 0 saturated heterocycles. The zero-order valence-electron chi connectivity index (χ0n) is 9.25. The minimum Gasteiger partial charge on any atom is -0.465 e. The minimum atomic E-state index is -3.13. The number of hydrogen-bond donors (Lipinski definition) is 0. The molecule has 0 aliphatic carbocycles. The van der Waals surface area contributed by atoms with E-state index >= 15 is 0 Å². The summed E-state index contributed by atoms with van der Waals surface area (Å²) in [6.07, 6.45) is 0. The Balaban J connectivity index is 3.43. The number of esters is 1. The van der Waals surface area contributed by atoms with E-state index in [1.165, 1.54) is 12.1 Å². The number of nitriles is 1. The maximum absolute atomic E-state index is 12.3. The van der Waals surface area contributed by atoms with Crippen molar-refractivity contribution in [1.29, 1.82) is 5.26 Å². The number of benzene rings is 1. The fourth-order valence-corrected chi connectivity index (χ4v) is 1.65. The highest BCUT2D eigenvalue weighted by Crippen LogP contribution is 2.28. The molecule has 1 rings (SSSR count). The van der Waals surface area contributed by atoms with Gasteiger partial charge < -0.3 is 9.47 Å². The van der Waals surface area contributed by atoms with Crippen molar-refractivity contribution in [3.05, 3.63) is 28.8 Å². The summed E-state index contributed by atoms with van der Waals surface area (Å²) < 4.78 is 33.2. The molecule has 0 aliphatic heterocycles. The Hall–Kier alpha value is -1.68. The molecule has 0 heterocycles. The Kier molecular flexibility index (Phi) is 5.04. The molecule has 0 atom stereocenters. The molecular weight excluding hydrogens is 312 g/mol. The summed E-state index contributed by atoms with van der Waals surface area (Å²) in [5.41, 5.74) is 0.229. The average Bonchev–Trinajstić information content (AvgIpc) is 2.37. The second-order valence-corrected chi connectivity index (χ2v) is 3.70. The van der Waals surface area contributed by atoms with E-state index in [4.69, 9.17) is 5.26 Å². The molecule has 0 aliphatic rings. The quantitative estimate of drug-likeness (QED) is 0.632. The molecule has 0 aromatic heterocycles. The lowest BCUT2D eigenvalue weighted by atomic mass is 10.1. The van der Waals surface area contributed by atoms with Crippen LogP contribution in [0.15, 0.2) is 12.1 Å². The molecule has 4 nitrogen and oxygen atoms in total. The zero-order chi connectivity index (χ0) is 13.7. The van der Waals surface area contributed by atoms with Crippen LogP contribution in [-0.4, -0.2) is 19.7 Å². The maximum atomic E-state index is 12.3. The van der Waals surface area contributed by atoms with Crippen LogP contribution in [0.3, 0.4) is 0 Å². The molecule has 0 fully saturated rings. The fourth-order valence-electron chi connectivity index (χ4n) is 1.33. The largest absolute Gasteiger partial charge is 0.465 e. The number of nitrogens with zero attached hydrogens (tertiary/aromatic N) is 1. The van der Waals surface area contributed by atoms with E-state index in [1.54, 1.807) is 6.07 Å². The Morgan fingerprint density at radius 3 is 2.67 bits per heavy atom. The Morgan fingerprint density at radius 1 is 1.56 bits per heavy atom. The normalized spacial score (nSPS) is 10.0. The number of ether oxygens (including phenoxy) is 2. The summed E-state index contributed by atoms with van der Waals surface area (Å²) >= 11 is 3.15. The van der Waals surface area contributed by atoms with Gasteiger partial charge in [0.25, 0.3) is 0 Å². The van der Waals surface area contributed by atoms with Crippen LogP contribution >= 0.6 is 15.9 Å². The average molecular weight is 320 g/mol. The van der Waals surface area contributed by atoms with E-state index in [0.29, 0.717) is 10.9 Å². The van der Waals surface area contributed by atoms with E-state index in [1.807, 2.05) is 0 Å². The van der Waals surface area contributed by atoms with Crippen molar-refractivity contribution in [1.82, 2.24) is 0 Å². The van der Waals surface area contributed by atoms with Crippen LogP contribution in [0.1, 0.15) is 21.5 Å². The van der Waals surface area contributed by atoms with Crippen LogP contribution in [0.4, 0.5) is 8.78 Å². The van der Waals surface area contributed by atoms with E-state index in [-0.39, 0.29) is 11.1 Å². The van der Waals surface area contributed by atoms with E-state index in [9.17, 15) is 13.6 Å². The van der Waals surface area contributed by atoms with Crippen molar-refractivity contribution in [3.8, 4) is 11.8 Å². The molecule has 0 bridgehead atoms. The Bertz CT molecular complexity index is 500. The molecular formula is C11H8BrF2NO3. The monoisotopic (exact) mass is 319 g/mol. The predicted octanol–water partition coefficient (Wildman–Crippen LogP) is 2.84. The van der Waals surface area contributed by atoms with Gasteiger partial charge in [-0.3, -0.25) is 0 Å². The fraction of sp³-hybridized carbons (Fsp3) is 0.273. The van der Waals surface area contributed by atoms with Gasteiger partial charge in [-0.25, -0.2) is 4.79 Å². The van der Waals surface area contributed by atoms with Crippen molar-refractivity contribution in [2.24, 2.45) is 0 Å². The molecule has 0 radical (unpaired) electrons. The smallest absolute Gasteiger partial charge is 0.387 e. The van der Waals surface area contributed by atoms with Crippen LogP contribution < -0.4 is 4.74 Å². The molecule has 18 heavy (non-hydrogen) atoms. The molecule has 1 aromatic rings. The van der Waals surface area contributed by atoms with Gasteiger partial charge in [0.1, 0.15) is 11.6 Å². The maximum Gasteiger partial charge on any atom is 0.387 e. The number of carbonyl (C=O) groups is 1. The second-order valence-electron chi connectivity index (χ2n) is 3.14. The summed E-state index contributed by atoms with van der Waals surface area (Å²) in [5, 5.41) is 9.25. The Morgan fingerprint density at radius 2 is 2.22 bits per heavy atom. The van der Waals surface area contributed by atoms with E-state index in [2.05, 4.69) is 25.4 Å². The molecule has 0 unspecified atom stereocenters. The summed E-state index contributed by atoms with van der Waals surface area (Å²) in [5.74, 6) is -1.31.